The molecule has 152 valence electrons. The van der Waals surface area contributed by atoms with Crippen LogP contribution in [-0.2, 0) is 0 Å². The van der Waals surface area contributed by atoms with Crippen molar-refractivity contribution >= 4 is 22.7 Å². The van der Waals surface area contributed by atoms with E-state index in [0.29, 0.717) is 0 Å². The summed E-state index contributed by atoms with van der Waals surface area (Å²) in [6, 6.07) is 33.3. The minimum absolute atomic E-state index is 1.17. The minimum Gasteiger partial charge on any atom is -0.355 e. The molecule has 2 nitrogen and oxygen atoms in total. The summed E-state index contributed by atoms with van der Waals surface area (Å²) in [6.45, 7) is 8.45. The Morgan fingerprint density at radius 3 is 0.733 bits per heavy atom. The maximum atomic E-state index is 3.44. The van der Waals surface area contributed by atoms with Gasteiger partial charge in [0, 0.05) is 22.7 Å². The third-order valence-electron chi connectivity index (χ3n) is 5.12. The molecule has 2 N–H and O–H groups in total. The Bertz CT molecular complexity index is 923. The van der Waals surface area contributed by atoms with Crippen molar-refractivity contribution in [3.05, 3.63) is 119 Å². The third-order valence-corrected chi connectivity index (χ3v) is 5.12. The van der Waals surface area contributed by atoms with Crippen molar-refractivity contribution in [2.75, 3.05) is 10.6 Å². The summed E-state index contributed by atoms with van der Waals surface area (Å²) >= 11 is 0. The monoisotopic (exact) mass is 394 g/mol. The van der Waals surface area contributed by atoms with Crippen LogP contribution in [0.3, 0.4) is 0 Å². The zero-order valence-corrected chi connectivity index (χ0v) is 18.2. The van der Waals surface area contributed by atoms with Gasteiger partial charge < -0.3 is 10.6 Å². The third kappa shape index (κ3) is 5.74. The Kier molecular flexibility index (Phi) is 7.29. The van der Waals surface area contributed by atoms with Crippen LogP contribution in [0, 0.1) is 27.7 Å². The van der Waals surface area contributed by atoms with Gasteiger partial charge in [-0.1, -0.05) is 72.8 Å². The standard InChI is InChI=1S/2C14H15N/c2*1-11-7-3-5-9-13(11)15-14-10-6-4-8-12(14)2/h2*3-10,15H,1-2H3. The van der Waals surface area contributed by atoms with E-state index in [9.17, 15) is 0 Å². The Morgan fingerprint density at radius 1 is 0.333 bits per heavy atom. The first kappa shape index (κ1) is 21.2. The van der Waals surface area contributed by atoms with Gasteiger partial charge in [-0.15, -0.1) is 0 Å². The molecule has 0 radical (unpaired) electrons. The maximum Gasteiger partial charge on any atom is 0.0413 e. The van der Waals surface area contributed by atoms with Crippen LogP contribution in [0.1, 0.15) is 22.3 Å². The lowest BCUT2D eigenvalue weighted by Gasteiger charge is -2.11. The van der Waals surface area contributed by atoms with Crippen LogP contribution >= 0.6 is 0 Å². The Morgan fingerprint density at radius 2 is 0.533 bits per heavy atom. The molecule has 0 spiro atoms. The molecule has 0 saturated heterocycles. The van der Waals surface area contributed by atoms with Gasteiger partial charge in [-0.2, -0.15) is 0 Å². The number of para-hydroxylation sites is 4. The number of hydrogen-bond acceptors (Lipinski definition) is 2. The summed E-state index contributed by atoms with van der Waals surface area (Å²) < 4.78 is 0. The molecule has 0 heterocycles. The van der Waals surface area contributed by atoms with Crippen LogP contribution in [0.4, 0.5) is 22.7 Å². The van der Waals surface area contributed by atoms with Crippen LogP contribution in [-0.4, -0.2) is 0 Å². The van der Waals surface area contributed by atoms with Crippen molar-refractivity contribution in [2.24, 2.45) is 0 Å². The van der Waals surface area contributed by atoms with E-state index in [1.54, 1.807) is 0 Å². The number of aryl methyl sites for hydroxylation is 4. The van der Waals surface area contributed by atoms with Gasteiger partial charge in [0.25, 0.3) is 0 Å². The van der Waals surface area contributed by atoms with Gasteiger partial charge in [-0.25, -0.2) is 0 Å². The van der Waals surface area contributed by atoms with E-state index in [1.165, 1.54) is 45.0 Å². The molecule has 0 amide bonds. The second kappa shape index (κ2) is 10.3. The number of benzene rings is 4. The molecular weight excluding hydrogens is 364 g/mol. The van der Waals surface area contributed by atoms with E-state index >= 15 is 0 Å². The highest BCUT2D eigenvalue weighted by Crippen LogP contribution is 2.23. The molecule has 0 unspecified atom stereocenters. The molecule has 0 aliphatic carbocycles. The van der Waals surface area contributed by atoms with Gasteiger partial charge in [-0.3, -0.25) is 0 Å². The molecule has 0 fully saturated rings. The average molecular weight is 395 g/mol. The molecule has 0 aliphatic rings. The van der Waals surface area contributed by atoms with E-state index in [0.717, 1.165) is 0 Å². The van der Waals surface area contributed by atoms with Gasteiger partial charge in [0.1, 0.15) is 0 Å². The summed E-state index contributed by atoms with van der Waals surface area (Å²) in [5.41, 5.74) is 9.75. The zero-order chi connectivity index (χ0) is 21.3. The number of nitrogens with one attached hydrogen (secondary N) is 2. The highest BCUT2D eigenvalue weighted by atomic mass is 14.9. The summed E-state index contributed by atoms with van der Waals surface area (Å²) in [7, 11) is 0. The van der Waals surface area contributed by atoms with Crippen LogP contribution in [0.5, 0.6) is 0 Å². The Balaban J connectivity index is 0.000000171. The zero-order valence-electron chi connectivity index (χ0n) is 18.2. The molecule has 0 atom stereocenters. The quantitative estimate of drug-likeness (QED) is 0.365. The molecule has 2 heteroatoms. The van der Waals surface area contributed by atoms with E-state index in [4.69, 9.17) is 0 Å². The average Bonchev–Trinajstić information content (AvgIpc) is 2.75. The topological polar surface area (TPSA) is 24.1 Å². The van der Waals surface area contributed by atoms with E-state index in [-0.39, 0.29) is 0 Å². The molecule has 4 aromatic carbocycles. The minimum atomic E-state index is 1.17. The maximum absolute atomic E-state index is 3.44. The molecule has 0 aliphatic heterocycles. The first-order valence-electron chi connectivity index (χ1n) is 10.3. The molecule has 0 bridgehead atoms. The summed E-state index contributed by atoms with van der Waals surface area (Å²) in [5.74, 6) is 0. The smallest absolute Gasteiger partial charge is 0.0413 e. The lowest BCUT2D eigenvalue weighted by atomic mass is 10.1. The molecular formula is C28H30N2. The van der Waals surface area contributed by atoms with Crippen molar-refractivity contribution in [3.8, 4) is 0 Å². The number of anilines is 4. The van der Waals surface area contributed by atoms with Crippen molar-refractivity contribution in [2.45, 2.75) is 27.7 Å². The largest absolute Gasteiger partial charge is 0.355 e. The fourth-order valence-corrected chi connectivity index (χ4v) is 3.14. The van der Waals surface area contributed by atoms with E-state index < -0.39 is 0 Å². The van der Waals surface area contributed by atoms with Gasteiger partial charge in [0.2, 0.25) is 0 Å². The summed E-state index contributed by atoms with van der Waals surface area (Å²) in [6.07, 6.45) is 0. The fraction of sp³-hybridized carbons (Fsp3) is 0.143. The summed E-state index contributed by atoms with van der Waals surface area (Å²) in [5, 5.41) is 6.88. The normalized spacial score (nSPS) is 10.0. The first-order valence-corrected chi connectivity index (χ1v) is 10.3. The predicted molar refractivity (Wildman–Crippen MR) is 131 cm³/mol. The lowest BCUT2D eigenvalue weighted by molar-refractivity contribution is 1.39. The predicted octanol–water partition coefficient (Wildman–Crippen LogP) is 8.09. The molecule has 0 saturated carbocycles. The van der Waals surface area contributed by atoms with E-state index in [1.807, 2.05) is 24.3 Å². The number of hydrogen-bond donors (Lipinski definition) is 2. The molecule has 0 aromatic heterocycles. The van der Waals surface area contributed by atoms with Gasteiger partial charge >= 0.3 is 0 Å². The first-order chi connectivity index (χ1) is 14.5. The lowest BCUT2D eigenvalue weighted by Crippen LogP contribution is -1.94. The highest BCUT2D eigenvalue weighted by molar-refractivity contribution is 5.66. The molecule has 30 heavy (non-hydrogen) atoms. The van der Waals surface area contributed by atoms with Gasteiger partial charge in [0.15, 0.2) is 0 Å². The Hall–Kier alpha value is -3.52. The van der Waals surface area contributed by atoms with Crippen LogP contribution in [0.25, 0.3) is 0 Å². The second-order valence-corrected chi connectivity index (χ2v) is 7.51. The SMILES string of the molecule is Cc1ccccc1Nc1ccccc1C.Cc1ccccc1Nc1ccccc1C. The van der Waals surface area contributed by atoms with Crippen molar-refractivity contribution in [1.29, 1.82) is 0 Å². The van der Waals surface area contributed by atoms with Crippen molar-refractivity contribution in [1.82, 2.24) is 0 Å². The second-order valence-electron chi connectivity index (χ2n) is 7.51. The van der Waals surface area contributed by atoms with Crippen LogP contribution < -0.4 is 10.6 Å². The van der Waals surface area contributed by atoms with E-state index in [2.05, 4.69) is 111 Å². The van der Waals surface area contributed by atoms with Gasteiger partial charge in [-0.05, 0) is 74.2 Å². The summed E-state index contributed by atoms with van der Waals surface area (Å²) in [4.78, 5) is 0. The molecule has 4 aromatic rings. The highest BCUT2D eigenvalue weighted by Gasteiger charge is 2.00. The Labute approximate surface area is 180 Å². The van der Waals surface area contributed by atoms with Gasteiger partial charge in [0.05, 0.1) is 0 Å². The van der Waals surface area contributed by atoms with Crippen molar-refractivity contribution < 1.29 is 0 Å². The van der Waals surface area contributed by atoms with Crippen LogP contribution in [0.2, 0.25) is 0 Å². The molecule has 4 rings (SSSR count). The fourth-order valence-electron chi connectivity index (χ4n) is 3.14. The van der Waals surface area contributed by atoms with Crippen LogP contribution in [0.15, 0.2) is 97.1 Å². The van der Waals surface area contributed by atoms with Crippen molar-refractivity contribution in [3.63, 3.8) is 0 Å². The number of rotatable bonds is 4.